The lowest BCUT2D eigenvalue weighted by Gasteiger charge is -2.03. The van der Waals surface area contributed by atoms with Crippen LogP contribution in [0.15, 0.2) is 0 Å². The van der Waals surface area contributed by atoms with Crippen LogP contribution in [0.1, 0.15) is 13.8 Å². The normalized spacial score (nSPS) is 10.4. The summed E-state index contributed by atoms with van der Waals surface area (Å²) in [5.41, 5.74) is 0. The van der Waals surface area contributed by atoms with Crippen LogP contribution in [0.3, 0.4) is 0 Å². The third-order valence-corrected chi connectivity index (χ3v) is 0.713. The van der Waals surface area contributed by atoms with Gasteiger partial charge in [-0.05, 0) is 5.92 Å². The fraction of sp³-hybridized carbons (Fsp3) is 1.00. The molecule has 46 valence electrons. The third-order valence-electron chi connectivity index (χ3n) is 0.713. The first-order valence-electron chi connectivity index (χ1n) is 3.05. The highest BCUT2D eigenvalue weighted by Gasteiger charge is 1.89. The van der Waals surface area contributed by atoms with Crippen LogP contribution >= 0.6 is 0 Å². The van der Waals surface area contributed by atoms with Crippen LogP contribution in [0.25, 0.3) is 0 Å². The molecule has 0 atom stereocenters. The minimum atomic E-state index is 0.626. The van der Waals surface area contributed by atoms with E-state index in [2.05, 4.69) is 13.8 Å². The van der Waals surface area contributed by atoms with Crippen molar-refractivity contribution in [3.63, 3.8) is 0 Å². The van der Waals surface area contributed by atoms with Crippen molar-refractivity contribution < 1.29 is 4.74 Å². The van der Waals surface area contributed by atoms with Gasteiger partial charge in [-0.1, -0.05) is 20.2 Å². The van der Waals surface area contributed by atoms with E-state index < -0.39 is 0 Å². The van der Waals surface area contributed by atoms with Crippen molar-refractivity contribution in [3.8, 4) is 0 Å². The molecule has 0 saturated heterocycles. The molecule has 0 saturated carbocycles. The zero-order valence-electron chi connectivity index (χ0n) is 5.68. The maximum Gasteiger partial charge on any atom is 0.0684 e. The Morgan fingerprint density at radius 1 is 1.50 bits per heavy atom. The lowest BCUT2D eigenvalue weighted by atomic mass is 10.1. The Morgan fingerprint density at radius 3 is 2.50 bits per heavy atom. The summed E-state index contributed by atoms with van der Waals surface area (Å²) in [5, 5.41) is 0. The molecule has 0 bridgehead atoms. The van der Waals surface area contributed by atoms with Gasteiger partial charge in [-0.15, -0.1) is 0 Å². The predicted octanol–water partition coefficient (Wildman–Crippen LogP) is 1.25. The summed E-state index contributed by atoms with van der Waals surface area (Å²) in [7, 11) is 5.19. The fourth-order valence-electron chi connectivity index (χ4n) is 0.402. The van der Waals surface area contributed by atoms with E-state index in [1.165, 1.54) is 0 Å². The highest BCUT2D eigenvalue weighted by atomic mass is 16.5. The van der Waals surface area contributed by atoms with E-state index >= 15 is 0 Å². The van der Waals surface area contributed by atoms with Crippen LogP contribution in [0.5, 0.6) is 0 Å². The topological polar surface area (TPSA) is 9.23 Å². The molecule has 0 aliphatic carbocycles. The minimum Gasteiger partial charge on any atom is -0.382 e. The van der Waals surface area contributed by atoms with Crippen LogP contribution in [0, 0.1) is 5.92 Å². The molecule has 0 spiro atoms. The van der Waals surface area contributed by atoms with Gasteiger partial charge >= 0.3 is 0 Å². The summed E-state index contributed by atoms with van der Waals surface area (Å²) in [4.78, 5) is 0. The van der Waals surface area contributed by atoms with Crippen molar-refractivity contribution in [1.82, 2.24) is 0 Å². The molecule has 0 aliphatic heterocycles. The Kier molecular flexibility index (Phi) is 5.18. The molecule has 0 aromatic carbocycles. The molecule has 0 N–H and O–H groups in total. The van der Waals surface area contributed by atoms with Crippen molar-refractivity contribution in [2.24, 2.45) is 5.92 Å². The van der Waals surface area contributed by atoms with Gasteiger partial charge in [0, 0.05) is 13.2 Å². The molecule has 1 nitrogen and oxygen atoms in total. The van der Waals surface area contributed by atoms with Gasteiger partial charge in [0.25, 0.3) is 0 Å². The summed E-state index contributed by atoms with van der Waals surface area (Å²) in [6.07, 6.45) is 0.632. The third kappa shape index (κ3) is 6.02. The predicted molar refractivity (Wildman–Crippen MR) is 36.2 cm³/mol. The summed E-state index contributed by atoms with van der Waals surface area (Å²) in [6, 6.07) is 0. The summed E-state index contributed by atoms with van der Waals surface area (Å²) < 4.78 is 5.12. The lowest BCUT2D eigenvalue weighted by Crippen LogP contribution is -2.02. The molecule has 2 radical (unpaired) electrons. The van der Waals surface area contributed by atoms with E-state index in [9.17, 15) is 0 Å². The first kappa shape index (κ1) is 8.02. The average molecular weight is 112 g/mol. The molecule has 0 heterocycles. The van der Waals surface area contributed by atoms with Gasteiger partial charge in [-0.3, -0.25) is 0 Å². The van der Waals surface area contributed by atoms with Crippen molar-refractivity contribution in [2.45, 2.75) is 20.2 Å². The smallest absolute Gasteiger partial charge is 0.0684 e. The molecule has 0 unspecified atom stereocenters. The van der Waals surface area contributed by atoms with Crippen molar-refractivity contribution >= 4 is 7.85 Å². The molecule has 0 amide bonds. The Labute approximate surface area is 52.8 Å². The lowest BCUT2D eigenvalue weighted by molar-refractivity contribution is 0.122. The summed E-state index contributed by atoms with van der Waals surface area (Å²) in [6.45, 7) is 5.77. The van der Waals surface area contributed by atoms with Crippen molar-refractivity contribution in [2.75, 3.05) is 13.2 Å². The van der Waals surface area contributed by atoms with Crippen LogP contribution in [-0.4, -0.2) is 21.1 Å². The van der Waals surface area contributed by atoms with E-state index in [-0.39, 0.29) is 0 Å². The van der Waals surface area contributed by atoms with Gasteiger partial charge in [0.15, 0.2) is 0 Å². The Balaban J connectivity index is 2.72. The second kappa shape index (κ2) is 5.17. The molecule has 2 heteroatoms. The zero-order chi connectivity index (χ0) is 6.41. The van der Waals surface area contributed by atoms with E-state index in [4.69, 9.17) is 12.6 Å². The zero-order valence-corrected chi connectivity index (χ0v) is 5.68. The Morgan fingerprint density at radius 2 is 2.12 bits per heavy atom. The van der Waals surface area contributed by atoms with Crippen LogP contribution in [0.4, 0.5) is 0 Å². The van der Waals surface area contributed by atoms with Gasteiger partial charge in [-0.2, -0.15) is 0 Å². The molecule has 0 rings (SSSR count). The fourth-order valence-corrected chi connectivity index (χ4v) is 0.402. The second-order valence-electron chi connectivity index (χ2n) is 2.26. The molecule has 8 heavy (non-hydrogen) atoms. The van der Waals surface area contributed by atoms with E-state index in [0.717, 1.165) is 6.61 Å². The number of ether oxygens (including phenoxy) is 1. The first-order valence-corrected chi connectivity index (χ1v) is 3.05. The van der Waals surface area contributed by atoms with Crippen LogP contribution in [0.2, 0.25) is 6.32 Å². The van der Waals surface area contributed by atoms with Crippen molar-refractivity contribution in [1.29, 1.82) is 0 Å². The monoisotopic (exact) mass is 112 g/mol. The molecule has 0 aromatic heterocycles. The quantitative estimate of drug-likeness (QED) is 0.392. The first-order chi connectivity index (χ1) is 3.77. The molecule has 0 aliphatic rings. The van der Waals surface area contributed by atoms with E-state index in [1.54, 1.807) is 0 Å². The Hall–Kier alpha value is 0.0249. The molecule has 0 fully saturated rings. The molecular weight excluding hydrogens is 98.9 g/mol. The summed E-state index contributed by atoms with van der Waals surface area (Å²) >= 11 is 0. The number of hydrogen-bond acceptors (Lipinski definition) is 1. The summed E-state index contributed by atoms with van der Waals surface area (Å²) in [5.74, 6) is 0.626. The number of hydrogen-bond donors (Lipinski definition) is 0. The van der Waals surface area contributed by atoms with E-state index in [0.29, 0.717) is 18.8 Å². The van der Waals surface area contributed by atoms with Crippen molar-refractivity contribution in [3.05, 3.63) is 0 Å². The van der Waals surface area contributed by atoms with Gasteiger partial charge < -0.3 is 4.74 Å². The average Bonchev–Trinajstić information content (AvgIpc) is 1.66. The SMILES string of the molecule is [B]CCOCC(C)C. The second-order valence-corrected chi connectivity index (χ2v) is 2.26. The van der Waals surface area contributed by atoms with Gasteiger partial charge in [0.2, 0.25) is 0 Å². The molecule has 0 aromatic rings. The maximum atomic E-state index is 5.19. The maximum absolute atomic E-state index is 5.19. The van der Waals surface area contributed by atoms with Gasteiger partial charge in [0.05, 0.1) is 7.85 Å². The highest BCUT2D eigenvalue weighted by Crippen LogP contribution is 1.91. The number of rotatable bonds is 4. The standard InChI is InChI=1S/C6H13BO/c1-6(2)5-8-4-3-7/h6H,3-5H2,1-2H3. The van der Waals surface area contributed by atoms with Crippen LogP contribution in [-0.2, 0) is 4.74 Å². The molecular formula is C6H13BO. The highest BCUT2D eigenvalue weighted by molar-refractivity contribution is 6.08. The minimum absolute atomic E-state index is 0.626. The van der Waals surface area contributed by atoms with Gasteiger partial charge in [0.1, 0.15) is 0 Å². The van der Waals surface area contributed by atoms with E-state index in [1.807, 2.05) is 0 Å². The van der Waals surface area contributed by atoms with Gasteiger partial charge in [-0.25, -0.2) is 0 Å². The van der Waals surface area contributed by atoms with Crippen LogP contribution < -0.4 is 0 Å². The Bertz CT molecular complexity index is 45.8. The largest absolute Gasteiger partial charge is 0.382 e.